The average Bonchev–Trinajstić information content (AvgIpc) is 2.30. The van der Waals surface area contributed by atoms with E-state index in [2.05, 4.69) is 20.3 Å². The Labute approximate surface area is 99.0 Å². The van der Waals surface area contributed by atoms with Crippen molar-refractivity contribution in [3.63, 3.8) is 0 Å². The van der Waals surface area contributed by atoms with Crippen LogP contribution in [0, 0.1) is 0 Å². The molecular formula is C12H14N4O. The Balaban J connectivity index is 2.24. The van der Waals surface area contributed by atoms with Gasteiger partial charge in [-0.15, -0.1) is 0 Å². The number of aromatic nitrogens is 3. The predicted octanol–water partition coefficient (Wildman–Crippen LogP) is 0.475. The van der Waals surface area contributed by atoms with Gasteiger partial charge in [0.2, 0.25) is 0 Å². The Bertz CT molecular complexity index is 536. The number of aromatic amines is 1. The summed E-state index contributed by atoms with van der Waals surface area (Å²) in [5.74, 6) is 0.640. The molecule has 17 heavy (non-hydrogen) atoms. The molecular weight excluding hydrogens is 216 g/mol. The summed E-state index contributed by atoms with van der Waals surface area (Å²) in [5, 5.41) is 2.97. The highest BCUT2D eigenvalue weighted by Gasteiger charge is 2.02. The van der Waals surface area contributed by atoms with Gasteiger partial charge in [0.05, 0.1) is 5.69 Å². The van der Waals surface area contributed by atoms with Crippen LogP contribution in [0.5, 0.6) is 0 Å². The number of H-pyrrole nitrogens is 1. The van der Waals surface area contributed by atoms with Gasteiger partial charge >= 0.3 is 0 Å². The molecule has 0 saturated heterocycles. The first-order valence-electron chi connectivity index (χ1n) is 5.41. The highest BCUT2D eigenvalue weighted by molar-refractivity contribution is 5.11. The first-order valence-corrected chi connectivity index (χ1v) is 5.41. The Morgan fingerprint density at radius 2 is 2.24 bits per heavy atom. The molecule has 0 unspecified atom stereocenters. The maximum atomic E-state index is 11.4. The van der Waals surface area contributed by atoms with E-state index in [0.717, 1.165) is 11.4 Å². The number of pyridine rings is 1. The van der Waals surface area contributed by atoms with Crippen LogP contribution in [-0.2, 0) is 13.0 Å². The molecule has 0 aliphatic carbocycles. The first-order chi connectivity index (χ1) is 8.28. The Morgan fingerprint density at radius 3 is 2.94 bits per heavy atom. The highest BCUT2D eigenvalue weighted by Crippen LogP contribution is 2.01. The summed E-state index contributed by atoms with van der Waals surface area (Å²) in [6, 6.07) is 7.18. The van der Waals surface area contributed by atoms with Crippen molar-refractivity contribution in [3.05, 3.63) is 58.0 Å². The second kappa shape index (κ2) is 5.36. The van der Waals surface area contributed by atoms with Crippen molar-refractivity contribution < 1.29 is 0 Å². The molecule has 5 nitrogen and oxygen atoms in total. The lowest BCUT2D eigenvalue weighted by Crippen LogP contribution is -2.16. The zero-order chi connectivity index (χ0) is 12.1. The third-order valence-corrected chi connectivity index (χ3v) is 2.28. The SMILES string of the molecule is CNCc1cc(=O)[nH]c(Cc2ccccn2)n1. The van der Waals surface area contributed by atoms with Crippen LogP contribution in [0.15, 0.2) is 35.3 Å². The van der Waals surface area contributed by atoms with E-state index in [9.17, 15) is 4.79 Å². The van der Waals surface area contributed by atoms with E-state index in [0.29, 0.717) is 18.8 Å². The molecule has 0 spiro atoms. The Hall–Kier alpha value is -2.01. The van der Waals surface area contributed by atoms with E-state index in [4.69, 9.17) is 0 Å². The van der Waals surface area contributed by atoms with Crippen molar-refractivity contribution in [1.82, 2.24) is 20.3 Å². The van der Waals surface area contributed by atoms with Crippen LogP contribution in [0.4, 0.5) is 0 Å². The smallest absolute Gasteiger partial charge is 0.251 e. The fourth-order valence-corrected chi connectivity index (χ4v) is 1.59. The van der Waals surface area contributed by atoms with Crippen LogP contribution in [-0.4, -0.2) is 22.0 Å². The second-order valence-electron chi connectivity index (χ2n) is 3.71. The molecule has 0 bridgehead atoms. The number of nitrogens with one attached hydrogen (secondary N) is 2. The lowest BCUT2D eigenvalue weighted by Gasteiger charge is -2.03. The lowest BCUT2D eigenvalue weighted by atomic mass is 10.2. The zero-order valence-corrected chi connectivity index (χ0v) is 9.60. The van der Waals surface area contributed by atoms with Gasteiger partial charge in [-0.3, -0.25) is 9.78 Å². The third kappa shape index (κ3) is 3.22. The molecule has 0 aliphatic heterocycles. The van der Waals surface area contributed by atoms with Gasteiger partial charge < -0.3 is 10.3 Å². The molecule has 0 fully saturated rings. The predicted molar refractivity (Wildman–Crippen MR) is 64.7 cm³/mol. The maximum Gasteiger partial charge on any atom is 0.251 e. The van der Waals surface area contributed by atoms with Crippen LogP contribution < -0.4 is 10.9 Å². The molecule has 0 atom stereocenters. The zero-order valence-electron chi connectivity index (χ0n) is 9.60. The van der Waals surface area contributed by atoms with E-state index in [1.165, 1.54) is 6.07 Å². The minimum absolute atomic E-state index is 0.129. The monoisotopic (exact) mass is 230 g/mol. The third-order valence-electron chi connectivity index (χ3n) is 2.28. The van der Waals surface area contributed by atoms with Gasteiger partial charge in [-0.25, -0.2) is 4.98 Å². The molecule has 2 aromatic heterocycles. The second-order valence-corrected chi connectivity index (χ2v) is 3.71. The van der Waals surface area contributed by atoms with Crippen LogP contribution >= 0.6 is 0 Å². The van der Waals surface area contributed by atoms with Gasteiger partial charge in [0.15, 0.2) is 0 Å². The fourth-order valence-electron chi connectivity index (χ4n) is 1.59. The Kier molecular flexibility index (Phi) is 3.62. The van der Waals surface area contributed by atoms with Crippen LogP contribution in [0.3, 0.4) is 0 Å². The minimum Gasteiger partial charge on any atom is -0.314 e. The number of nitrogens with zero attached hydrogens (tertiary/aromatic N) is 2. The molecule has 5 heteroatoms. The average molecular weight is 230 g/mol. The summed E-state index contributed by atoms with van der Waals surface area (Å²) in [7, 11) is 1.82. The fraction of sp³-hybridized carbons (Fsp3) is 0.250. The molecule has 0 radical (unpaired) electrons. The first kappa shape index (κ1) is 11.5. The molecule has 0 aliphatic rings. The van der Waals surface area contributed by atoms with Crippen molar-refractivity contribution in [2.75, 3.05) is 7.05 Å². The molecule has 0 saturated carbocycles. The standard InChI is InChI=1S/C12H14N4O/c1-13-8-10-7-12(17)16-11(15-10)6-9-4-2-3-5-14-9/h2-5,7,13H,6,8H2,1H3,(H,15,16,17). The van der Waals surface area contributed by atoms with Gasteiger partial charge in [0, 0.05) is 30.9 Å². The molecule has 88 valence electrons. The summed E-state index contributed by atoms with van der Waals surface area (Å²) in [6.07, 6.45) is 2.26. The summed E-state index contributed by atoms with van der Waals surface area (Å²) >= 11 is 0. The van der Waals surface area contributed by atoms with E-state index in [1.807, 2.05) is 25.2 Å². The van der Waals surface area contributed by atoms with Gasteiger partial charge in [-0.1, -0.05) is 6.07 Å². The van der Waals surface area contributed by atoms with Crippen LogP contribution in [0.25, 0.3) is 0 Å². The van der Waals surface area contributed by atoms with Gasteiger partial charge in [-0.2, -0.15) is 0 Å². The summed E-state index contributed by atoms with van der Waals surface area (Å²) in [6.45, 7) is 0.582. The van der Waals surface area contributed by atoms with E-state index in [1.54, 1.807) is 6.20 Å². The lowest BCUT2D eigenvalue weighted by molar-refractivity contribution is 0.765. The van der Waals surface area contributed by atoms with Crippen molar-refractivity contribution >= 4 is 0 Å². The molecule has 2 N–H and O–H groups in total. The van der Waals surface area contributed by atoms with Crippen molar-refractivity contribution in [1.29, 1.82) is 0 Å². The number of rotatable bonds is 4. The highest BCUT2D eigenvalue weighted by atomic mass is 16.1. The normalized spacial score (nSPS) is 10.4. The van der Waals surface area contributed by atoms with Gasteiger partial charge in [0.1, 0.15) is 5.82 Å². The van der Waals surface area contributed by atoms with Gasteiger partial charge in [-0.05, 0) is 19.2 Å². The van der Waals surface area contributed by atoms with E-state index in [-0.39, 0.29) is 5.56 Å². The van der Waals surface area contributed by atoms with E-state index < -0.39 is 0 Å². The van der Waals surface area contributed by atoms with Crippen LogP contribution in [0.2, 0.25) is 0 Å². The quantitative estimate of drug-likeness (QED) is 0.801. The molecule has 2 rings (SSSR count). The molecule has 2 aromatic rings. The topological polar surface area (TPSA) is 70.7 Å². The van der Waals surface area contributed by atoms with Crippen molar-refractivity contribution in [3.8, 4) is 0 Å². The minimum atomic E-state index is -0.129. The molecule has 0 amide bonds. The van der Waals surface area contributed by atoms with Gasteiger partial charge in [0.25, 0.3) is 5.56 Å². The number of hydrogen-bond donors (Lipinski definition) is 2. The summed E-state index contributed by atoms with van der Waals surface area (Å²) in [4.78, 5) is 22.7. The van der Waals surface area contributed by atoms with Crippen molar-refractivity contribution in [2.45, 2.75) is 13.0 Å². The molecule has 2 heterocycles. The van der Waals surface area contributed by atoms with E-state index >= 15 is 0 Å². The largest absolute Gasteiger partial charge is 0.314 e. The van der Waals surface area contributed by atoms with Crippen molar-refractivity contribution in [2.24, 2.45) is 0 Å². The Morgan fingerprint density at radius 1 is 1.35 bits per heavy atom. The summed E-state index contributed by atoms with van der Waals surface area (Å²) < 4.78 is 0. The molecule has 0 aromatic carbocycles. The summed E-state index contributed by atoms with van der Waals surface area (Å²) in [5.41, 5.74) is 1.50. The van der Waals surface area contributed by atoms with Crippen LogP contribution in [0.1, 0.15) is 17.2 Å². The number of hydrogen-bond acceptors (Lipinski definition) is 4. The maximum absolute atomic E-state index is 11.4.